The Bertz CT molecular complexity index is 380. The molecule has 0 aliphatic carbocycles. The first kappa shape index (κ1) is 13.2. The smallest absolute Gasteiger partial charge is 0.141 e. The standard InChI is InChI=1S/C13H17ClFN/c1-13(2,16)8-4-3-5-10-6-7-12(15)11(14)9-10/h3,5-7,9H,4,8,16H2,1-2H3/b5-3+. The zero-order valence-electron chi connectivity index (χ0n) is 9.63. The van der Waals surface area contributed by atoms with Gasteiger partial charge in [0.15, 0.2) is 0 Å². The molecule has 88 valence electrons. The van der Waals surface area contributed by atoms with Crippen LogP contribution in [0.3, 0.4) is 0 Å². The van der Waals surface area contributed by atoms with Gasteiger partial charge in [-0.15, -0.1) is 0 Å². The summed E-state index contributed by atoms with van der Waals surface area (Å²) in [5.74, 6) is -0.387. The molecule has 0 fully saturated rings. The number of benzene rings is 1. The first-order chi connectivity index (χ1) is 7.38. The Balaban J connectivity index is 2.53. The molecule has 2 N–H and O–H groups in total. The highest BCUT2D eigenvalue weighted by atomic mass is 35.5. The van der Waals surface area contributed by atoms with Gasteiger partial charge in [-0.3, -0.25) is 0 Å². The highest BCUT2D eigenvalue weighted by molar-refractivity contribution is 6.30. The topological polar surface area (TPSA) is 26.0 Å². The molecule has 0 atom stereocenters. The van der Waals surface area contributed by atoms with Crippen molar-refractivity contribution >= 4 is 17.7 Å². The van der Waals surface area contributed by atoms with Gasteiger partial charge in [-0.1, -0.05) is 29.8 Å². The van der Waals surface area contributed by atoms with Crippen LogP contribution in [-0.2, 0) is 0 Å². The summed E-state index contributed by atoms with van der Waals surface area (Å²) in [6, 6.07) is 4.68. The minimum Gasteiger partial charge on any atom is -0.326 e. The molecule has 0 unspecified atom stereocenters. The molecule has 0 radical (unpaired) electrons. The number of rotatable bonds is 4. The first-order valence-electron chi connectivity index (χ1n) is 5.29. The lowest BCUT2D eigenvalue weighted by molar-refractivity contribution is 0.482. The fourth-order valence-corrected chi connectivity index (χ4v) is 1.48. The van der Waals surface area contributed by atoms with Gasteiger partial charge >= 0.3 is 0 Å². The Labute approximate surface area is 101 Å². The maximum absolute atomic E-state index is 12.9. The summed E-state index contributed by atoms with van der Waals surface area (Å²) in [6.07, 6.45) is 5.77. The van der Waals surface area contributed by atoms with Gasteiger partial charge in [-0.25, -0.2) is 4.39 Å². The van der Waals surface area contributed by atoms with Crippen LogP contribution < -0.4 is 5.73 Å². The summed E-state index contributed by atoms with van der Waals surface area (Å²) in [5, 5.41) is 0.154. The Morgan fingerprint density at radius 3 is 2.69 bits per heavy atom. The fraction of sp³-hybridized carbons (Fsp3) is 0.385. The lowest BCUT2D eigenvalue weighted by Crippen LogP contribution is -2.31. The largest absolute Gasteiger partial charge is 0.326 e. The van der Waals surface area contributed by atoms with Crippen molar-refractivity contribution in [2.24, 2.45) is 5.73 Å². The molecule has 16 heavy (non-hydrogen) atoms. The van der Waals surface area contributed by atoms with Crippen molar-refractivity contribution in [2.75, 3.05) is 0 Å². The molecule has 0 amide bonds. The predicted molar refractivity (Wildman–Crippen MR) is 67.9 cm³/mol. The van der Waals surface area contributed by atoms with Crippen LogP contribution in [0.2, 0.25) is 5.02 Å². The van der Waals surface area contributed by atoms with E-state index in [2.05, 4.69) is 0 Å². The van der Waals surface area contributed by atoms with Crippen molar-refractivity contribution in [3.8, 4) is 0 Å². The van der Waals surface area contributed by atoms with E-state index in [1.165, 1.54) is 6.07 Å². The van der Waals surface area contributed by atoms with Gasteiger partial charge in [0.25, 0.3) is 0 Å². The quantitative estimate of drug-likeness (QED) is 0.847. The summed E-state index contributed by atoms with van der Waals surface area (Å²) in [7, 11) is 0. The maximum Gasteiger partial charge on any atom is 0.141 e. The van der Waals surface area contributed by atoms with Crippen molar-refractivity contribution < 1.29 is 4.39 Å². The van der Waals surface area contributed by atoms with Gasteiger partial charge in [-0.2, -0.15) is 0 Å². The third-order valence-corrected chi connectivity index (χ3v) is 2.50. The zero-order valence-corrected chi connectivity index (χ0v) is 10.4. The molecule has 0 bridgehead atoms. The van der Waals surface area contributed by atoms with E-state index in [-0.39, 0.29) is 16.4 Å². The van der Waals surface area contributed by atoms with Crippen LogP contribution >= 0.6 is 11.6 Å². The lowest BCUT2D eigenvalue weighted by Gasteiger charge is -2.16. The van der Waals surface area contributed by atoms with Crippen LogP contribution in [-0.4, -0.2) is 5.54 Å². The van der Waals surface area contributed by atoms with Crippen molar-refractivity contribution in [1.82, 2.24) is 0 Å². The lowest BCUT2D eigenvalue weighted by atomic mass is 10.00. The molecular weight excluding hydrogens is 225 g/mol. The van der Waals surface area contributed by atoms with Crippen molar-refractivity contribution in [2.45, 2.75) is 32.2 Å². The minimum absolute atomic E-state index is 0.148. The highest BCUT2D eigenvalue weighted by Crippen LogP contribution is 2.17. The summed E-state index contributed by atoms with van der Waals surface area (Å²) in [5.41, 5.74) is 6.61. The monoisotopic (exact) mass is 241 g/mol. The van der Waals surface area contributed by atoms with E-state index in [9.17, 15) is 4.39 Å². The second-order valence-electron chi connectivity index (χ2n) is 4.60. The summed E-state index contributed by atoms with van der Waals surface area (Å²) < 4.78 is 12.9. The summed E-state index contributed by atoms with van der Waals surface area (Å²) in [6.45, 7) is 3.99. The van der Waals surface area contributed by atoms with Crippen LogP contribution in [0.25, 0.3) is 6.08 Å². The minimum atomic E-state index is -0.387. The molecule has 0 spiro atoms. The number of halogens is 2. The molecule has 0 saturated heterocycles. The molecule has 0 heterocycles. The van der Waals surface area contributed by atoms with Gasteiger partial charge in [0.1, 0.15) is 5.82 Å². The Hall–Kier alpha value is -0.860. The van der Waals surface area contributed by atoms with E-state index in [1.807, 2.05) is 26.0 Å². The number of allylic oxidation sites excluding steroid dienone is 1. The predicted octanol–water partition coefficient (Wildman–Crippen LogP) is 4.01. The average molecular weight is 242 g/mol. The molecule has 0 saturated carbocycles. The molecule has 0 aliphatic heterocycles. The normalized spacial score (nSPS) is 12.3. The van der Waals surface area contributed by atoms with E-state index in [1.54, 1.807) is 12.1 Å². The van der Waals surface area contributed by atoms with Gasteiger partial charge in [0.2, 0.25) is 0 Å². The first-order valence-corrected chi connectivity index (χ1v) is 5.67. The summed E-state index contributed by atoms with van der Waals surface area (Å²) in [4.78, 5) is 0. The Morgan fingerprint density at radius 1 is 1.44 bits per heavy atom. The molecule has 1 aromatic carbocycles. The van der Waals surface area contributed by atoms with Gasteiger partial charge in [0, 0.05) is 5.54 Å². The van der Waals surface area contributed by atoms with Crippen LogP contribution in [0.4, 0.5) is 4.39 Å². The number of nitrogens with two attached hydrogens (primary N) is 1. The Morgan fingerprint density at radius 2 is 2.12 bits per heavy atom. The molecule has 1 aromatic rings. The van der Waals surface area contributed by atoms with Gasteiger partial charge in [0.05, 0.1) is 5.02 Å². The molecule has 3 heteroatoms. The van der Waals surface area contributed by atoms with Crippen LogP contribution in [0.15, 0.2) is 24.3 Å². The van der Waals surface area contributed by atoms with Crippen molar-refractivity contribution in [3.63, 3.8) is 0 Å². The van der Waals surface area contributed by atoms with E-state index in [0.717, 1.165) is 18.4 Å². The van der Waals surface area contributed by atoms with E-state index in [4.69, 9.17) is 17.3 Å². The van der Waals surface area contributed by atoms with Crippen LogP contribution in [0.5, 0.6) is 0 Å². The molecule has 1 rings (SSSR count). The highest BCUT2D eigenvalue weighted by Gasteiger charge is 2.07. The SMILES string of the molecule is CC(C)(N)CC/C=C/c1ccc(F)c(Cl)c1. The number of hydrogen-bond donors (Lipinski definition) is 1. The number of hydrogen-bond acceptors (Lipinski definition) is 1. The zero-order chi connectivity index (χ0) is 12.2. The van der Waals surface area contributed by atoms with Gasteiger partial charge < -0.3 is 5.73 Å². The van der Waals surface area contributed by atoms with E-state index >= 15 is 0 Å². The van der Waals surface area contributed by atoms with Crippen LogP contribution in [0.1, 0.15) is 32.3 Å². The second-order valence-corrected chi connectivity index (χ2v) is 5.01. The maximum atomic E-state index is 12.9. The third kappa shape index (κ3) is 4.77. The Kier molecular flexibility index (Phi) is 4.51. The van der Waals surface area contributed by atoms with E-state index < -0.39 is 0 Å². The summed E-state index contributed by atoms with van der Waals surface area (Å²) >= 11 is 5.67. The molecule has 0 aromatic heterocycles. The van der Waals surface area contributed by atoms with Crippen molar-refractivity contribution in [3.05, 3.63) is 40.7 Å². The second kappa shape index (κ2) is 5.46. The third-order valence-electron chi connectivity index (χ3n) is 2.21. The molecular formula is C13H17ClFN. The fourth-order valence-electron chi connectivity index (χ4n) is 1.29. The van der Waals surface area contributed by atoms with E-state index in [0.29, 0.717) is 0 Å². The average Bonchev–Trinajstić information content (AvgIpc) is 2.17. The molecule has 0 aliphatic rings. The van der Waals surface area contributed by atoms with Crippen LogP contribution in [0, 0.1) is 5.82 Å². The molecule has 1 nitrogen and oxygen atoms in total. The van der Waals surface area contributed by atoms with Gasteiger partial charge in [-0.05, 0) is 44.4 Å². The van der Waals surface area contributed by atoms with Crippen molar-refractivity contribution in [1.29, 1.82) is 0 Å².